The van der Waals surface area contributed by atoms with Crippen molar-refractivity contribution in [2.75, 3.05) is 17.2 Å². The van der Waals surface area contributed by atoms with Crippen molar-refractivity contribution in [1.82, 2.24) is 9.97 Å². The number of carbonyl (C=O) groups excluding carboxylic acids is 1. The molecular weight excluding hydrogens is 359 g/mol. The van der Waals surface area contributed by atoms with Gasteiger partial charge in [0.25, 0.3) is 0 Å². The molecule has 28 heavy (non-hydrogen) atoms. The van der Waals surface area contributed by atoms with Gasteiger partial charge in [0, 0.05) is 18.3 Å². The van der Waals surface area contributed by atoms with Gasteiger partial charge in [0.1, 0.15) is 23.3 Å². The van der Waals surface area contributed by atoms with Crippen LogP contribution >= 0.6 is 0 Å². The normalized spacial score (nSPS) is 10.4. The summed E-state index contributed by atoms with van der Waals surface area (Å²) in [5.74, 6) is 1.27. The minimum Gasteiger partial charge on any atom is -0.462 e. The van der Waals surface area contributed by atoms with Gasteiger partial charge in [0.2, 0.25) is 0 Å². The van der Waals surface area contributed by atoms with Crippen molar-refractivity contribution in [2.24, 2.45) is 0 Å². The molecule has 0 atom stereocenters. The molecule has 6 nitrogen and oxygen atoms in total. The fraction of sp³-hybridized carbons (Fsp3) is 0.190. The first-order valence-corrected chi connectivity index (χ1v) is 8.91. The predicted molar refractivity (Wildman–Crippen MR) is 106 cm³/mol. The molecule has 0 unspecified atom stereocenters. The van der Waals surface area contributed by atoms with Crippen LogP contribution in [0.1, 0.15) is 28.7 Å². The lowest BCUT2D eigenvalue weighted by Crippen LogP contribution is -2.06. The summed E-state index contributed by atoms with van der Waals surface area (Å²) in [4.78, 5) is 20.5. The highest BCUT2D eigenvalue weighted by atomic mass is 19.1. The lowest BCUT2D eigenvalue weighted by molar-refractivity contribution is 0.0526. The SMILES string of the molecule is CCOC(=O)c1ccc(Nc2cc(NCc3ccc(F)cc3)nc(C)n2)cc1. The maximum Gasteiger partial charge on any atom is 0.338 e. The Morgan fingerprint density at radius 1 is 1.04 bits per heavy atom. The Balaban J connectivity index is 1.67. The molecule has 0 bridgehead atoms. The zero-order valence-corrected chi connectivity index (χ0v) is 15.7. The number of esters is 1. The molecule has 2 N–H and O–H groups in total. The zero-order chi connectivity index (χ0) is 19.9. The van der Waals surface area contributed by atoms with E-state index in [0.717, 1.165) is 11.3 Å². The van der Waals surface area contributed by atoms with E-state index < -0.39 is 0 Å². The van der Waals surface area contributed by atoms with Crippen LogP contribution in [0.2, 0.25) is 0 Å². The third-order valence-corrected chi connectivity index (χ3v) is 3.89. The van der Waals surface area contributed by atoms with Crippen molar-refractivity contribution < 1.29 is 13.9 Å². The Morgan fingerprint density at radius 2 is 1.71 bits per heavy atom. The summed E-state index contributed by atoms with van der Waals surface area (Å²) >= 11 is 0. The highest BCUT2D eigenvalue weighted by Gasteiger charge is 2.07. The van der Waals surface area contributed by atoms with Crippen LogP contribution in [0, 0.1) is 12.7 Å². The molecule has 0 saturated heterocycles. The average molecular weight is 380 g/mol. The molecule has 144 valence electrons. The van der Waals surface area contributed by atoms with Gasteiger partial charge in [-0.25, -0.2) is 19.2 Å². The molecule has 3 rings (SSSR count). The first kappa shape index (κ1) is 19.3. The number of rotatable bonds is 7. The molecule has 2 aromatic carbocycles. The van der Waals surface area contributed by atoms with E-state index >= 15 is 0 Å². The molecule has 7 heteroatoms. The van der Waals surface area contributed by atoms with Gasteiger partial charge < -0.3 is 15.4 Å². The first-order chi connectivity index (χ1) is 13.5. The maximum atomic E-state index is 13.0. The van der Waals surface area contributed by atoms with Gasteiger partial charge in [-0.05, 0) is 55.8 Å². The van der Waals surface area contributed by atoms with Crippen LogP contribution < -0.4 is 10.6 Å². The van der Waals surface area contributed by atoms with Crippen molar-refractivity contribution >= 4 is 23.3 Å². The quantitative estimate of drug-likeness (QED) is 0.590. The smallest absolute Gasteiger partial charge is 0.338 e. The van der Waals surface area contributed by atoms with Crippen LogP contribution in [0.25, 0.3) is 0 Å². The zero-order valence-electron chi connectivity index (χ0n) is 15.7. The molecule has 3 aromatic rings. The third kappa shape index (κ3) is 5.26. The van der Waals surface area contributed by atoms with E-state index in [1.807, 2.05) is 0 Å². The predicted octanol–water partition coefficient (Wildman–Crippen LogP) is 4.46. The van der Waals surface area contributed by atoms with E-state index in [1.54, 1.807) is 56.3 Å². The van der Waals surface area contributed by atoms with E-state index in [0.29, 0.717) is 36.2 Å². The molecule has 0 spiro atoms. The Hall–Kier alpha value is -3.48. The number of anilines is 3. The van der Waals surface area contributed by atoms with Crippen molar-refractivity contribution in [2.45, 2.75) is 20.4 Å². The Kier molecular flexibility index (Phi) is 6.16. The summed E-state index contributed by atoms with van der Waals surface area (Å²) in [6.45, 7) is 4.43. The number of hydrogen-bond donors (Lipinski definition) is 2. The minimum atomic E-state index is -0.348. The third-order valence-electron chi connectivity index (χ3n) is 3.89. The van der Waals surface area contributed by atoms with Crippen molar-refractivity contribution in [3.63, 3.8) is 0 Å². The number of ether oxygens (including phenoxy) is 1. The van der Waals surface area contributed by atoms with Crippen LogP contribution in [-0.2, 0) is 11.3 Å². The fourth-order valence-electron chi connectivity index (χ4n) is 2.57. The fourth-order valence-corrected chi connectivity index (χ4v) is 2.57. The maximum absolute atomic E-state index is 13.0. The molecule has 0 aliphatic heterocycles. The lowest BCUT2D eigenvalue weighted by Gasteiger charge is -2.11. The lowest BCUT2D eigenvalue weighted by atomic mass is 10.2. The second-order valence-corrected chi connectivity index (χ2v) is 6.09. The Labute approximate surface area is 162 Å². The molecule has 1 aromatic heterocycles. The van der Waals surface area contributed by atoms with E-state index in [2.05, 4.69) is 20.6 Å². The molecule has 0 aliphatic rings. The number of benzene rings is 2. The van der Waals surface area contributed by atoms with Crippen molar-refractivity contribution in [1.29, 1.82) is 0 Å². The van der Waals surface area contributed by atoms with Crippen LogP contribution in [0.15, 0.2) is 54.6 Å². The standard InChI is InChI=1S/C21H21FN4O2/c1-3-28-21(27)16-6-10-18(11-7-16)26-20-12-19(24-14(2)25-20)23-13-15-4-8-17(22)9-5-15/h4-12H,3,13H2,1-2H3,(H2,23,24,25,26). The largest absolute Gasteiger partial charge is 0.462 e. The van der Waals surface area contributed by atoms with Gasteiger partial charge in [0.15, 0.2) is 0 Å². The molecular formula is C21H21FN4O2. The highest BCUT2D eigenvalue weighted by molar-refractivity contribution is 5.89. The van der Waals surface area contributed by atoms with E-state index in [9.17, 15) is 9.18 Å². The minimum absolute atomic E-state index is 0.262. The molecule has 0 saturated carbocycles. The molecule has 0 aliphatic carbocycles. The summed E-state index contributed by atoms with van der Waals surface area (Å²) in [7, 11) is 0. The van der Waals surface area contributed by atoms with Crippen LogP contribution in [-0.4, -0.2) is 22.5 Å². The number of carbonyl (C=O) groups is 1. The number of halogens is 1. The van der Waals surface area contributed by atoms with Gasteiger partial charge in [-0.15, -0.1) is 0 Å². The number of nitrogens with one attached hydrogen (secondary N) is 2. The number of nitrogens with zero attached hydrogens (tertiary/aromatic N) is 2. The van der Waals surface area contributed by atoms with Gasteiger partial charge in [-0.1, -0.05) is 12.1 Å². The van der Waals surface area contributed by atoms with E-state index in [-0.39, 0.29) is 11.8 Å². The number of hydrogen-bond acceptors (Lipinski definition) is 6. The van der Waals surface area contributed by atoms with Crippen LogP contribution in [0.4, 0.5) is 21.7 Å². The average Bonchev–Trinajstić information content (AvgIpc) is 2.68. The summed E-state index contributed by atoms with van der Waals surface area (Å²) in [6, 6.07) is 15.1. The summed E-state index contributed by atoms with van der Waals surface area (Å²) < 4.78 is 18.0. The topological polar surface area (TPSA) is 76.1 Å². The summed E-state index contributed by atoms with van der Waals surface area (Å²) in [5, 5.41) is 6.41. The molecule has 0 fully saturated rings. The molecule has 0 amide bonds. The van der Waals surface area contributed by atoms with E-state index in [1.165, 1.54) is 12.1 Å². The van der Waals surface area contributed by atoms with Gasteiger partial charge in [0.05, 0.1) is 12.2 Å². The first-order valence-electron chi connectivity index (χ1n) is 8.91. The van der Waals surface area contributed by atoms with Gasteiger partial charge in [-0.3, -0.25) is 0 Å². The molecule has 1 heterocycles. The van der Waals surface area contributed by atoms with Gasteiger partial charge in [-0.2, -0.15) is 0 Å². The van der Waals surface area contributed by atoms with E-state index in [4.69, 9.17) is 4.74 Å². The monoisotopic (exact) mass is 380 g/mol. The number of aryl methyl sites for hydroxylation is 1. The van der Waals surface area contributed by atoms with Crippen molar-refractivity contribution in [3.05, 3.63) is 77.4 Å². The summed E-state index contributed by atoms with van der Waals surface area (Å²) in [6.07, 6.45) is 0. The van der Waals surface area contributed by atoms with Crippen LogP contribution in [0.3, 0.4) is 0 Å². The second-order valence-electron chi connectivity index (χ2n) is 6.09. The Bertz CT molecular complexity index is 944. The van der Waals surface area contributed by atoms with Crippen LogP contribution in [0.5, 0.6) is 0 Å². The van der Waals surface area contributed by atoms with Gasteiger partial charge >= 0.3 is 5.97 Å². The Morgan fingerprint density at radius 3 is 2.39 bits per heavy atom. The highest BCUT2D eigenvalue weighted by Crippen LogP contribution is 2.19. The molecule has 0 radical (unpaired) electrons. The second kappa shape index (κ2) is 8.94. The van der Waals surface area contributed by atoms with Crippen molar-refractivity contribution in [3.8, 4) is 0 Å². The number of aromatic nitrogens is 2. The summed E-state index contributed by atoms with van der Waals surface area (Å²) in [5.41, 5.74) is 2.23.